The molecule has 1 atom stereocenters. The number of halogens is 4. The Kier molecular flexibility index (Phi) is 8.08. The second-order valence-corrected chi connectivity index (χ2v) is 16.1. The number of aromatic nitrogens is 4. The Hall–Kier alpha value is -4.56. The Labute approximate surface area is 303 Å². The van der Waals surface area contributed by atoms with Crippen molar-refractivity contribution in [1.82, 2.24) is 25.3 Å². The minimum atomic E-state index is -5.00. The van der Waals surface area contributed by atoms with Gasteiger partial charge in [-0.05, 0) is 92.4 Å². The first-order valence-electron chi connectivity index (χ1n) is 18.7. The summed E-state index contributed by atoms with van der Waals surface area (Å²) in [4.78, 5) is 46.8. The summed E-state index contributed by atoms with van der Waals surface area (Å²) in [6, 6.07) is 5.62. The smallest absolute Gasteiger partial charge is 0.434 e. The van der Waals surface area contributed by atoms with Crippen LogP contribution >= 0.6 is 0 Å². The lowest BCUT2D eigenvalue weighted by Gasteiger charge is -2.59. The minimum Gasteiger partial charge on any atom is -0.489 e. The first-order chi connectivity index (χ1) is 25.4. The van der Waals surface area contributed by atoms with Crippen LogP contribution in [0.4, 0.5) is 35.1 Å². The normalized spacial score (nSPS) is 29.8. The summed E-state index contributed by atoms with van der Waals surface area (Å²) >= 11 is 0. The van der Waals surface area contributed by atoms with Gasteiger partial charge >= 0.3 is 12.1 Å². The molecule has 7 aliphatic rings. The van der Waals surface area contributed by atoms with Gasteiger partial charge in [-0.2, -0.15) is 13.2 Å². The summed E-state index contributed by atoms with van der Waals surface area (Å²) in [6.45, 7) is 1.54. The molecule has 2 aliphatic heterocycles. The highest BCUT2D eigenvalue weighted by Crippen LogP contribution is 2.58. The molecule has 5 aliphatic carbocycles. The van der Waals surface area contributed by atoms with Crippen LogP contribution in [0, 0.1) is 29.5 Å². The molecule has 4 heterocycles. The third kappa shape index (κ3) is 5.76. The molecule has 4 bridgehead atoms. The first-order valence-corrected chi connectivity index (χ1v) is 18.7. The second kappa shape index (κ2) is 12.5. The molecule has 53 heavy (non-hydrogen) atoms. The van der Waals surface area contributed by atoms with Crippen LogP contribution < -0.4 is 19.9 Å². The average Bonchev–Trinajstić information content (AvgIpc) is 3.72. The van der Waals surface area contributed by atoms with E-state index in [-0.39, 0.29) is 29.3 Å². The Balaban J connectivity index is 1.00. The molecule has 10 rings (SSSR count). The maximum absolute atomic E-state index is 14.8. The lowest BCUT2D eigenvalue weighted by molar-refractivity contribution is -0.163. The van der Waals surface area contributed by atoms with Crippen LogP contribution in [-0.2, 0) is 16.4 Å². The number of carboxylic acid groups (broad SMARTS) is 1. The number of hydrogen-bond donors (Lipinski definition) is 2. The van der Waals surface area contributed by atoms with Gasteiger partial charge in [-0.15, -0.1) is 0 Å². The maximum Gasteiger partial charge on any atom is 0.434 e. The molecule has 0 radical (unpaired) electrons. The van der Waals surface area contributed by atoms with Crippen LogP contribution in [0.2, 0.25) is 0 Å². The van der Waals surface area contributed by atoms with Crippen LogP contribution in [0.1, 0.15) is 92.2 Å². The standard InChI is InChI=1S/C38H41F4N7O4/c39-25-16-43-34(44-17-25)48-9-6-27(19-48)53-26-4-5-30-29(15-26)36(7-2-1-3-8-36)20-49(30)35-45-18-28(31(46-35)38(40,41)42)32(50)47-37(33(51)52)23-11-21-10-22(13-23)14-24(37)12-21/h4-5,15-18,21-24,27H,1-3,6-14,19-20H2,(H,47,50)(H,51,52)/t21?,22?,23?,24?,27-,37?/m0/s1. The van der Waals surface area contributed by atoms with Crippen LogP contribution in [0.25, 0.3) is 0 Å². The number of anilines is 3. The fraction of sp³-hybridized carbons (Fsp3) is 0.579. The van der Waals surface area contributed by atoms with Gasteiger partial charge in [0.05, 0.1) is 24.5 Å². The fourth-order valence-electron chi connectivity index (χ4n) is 10.9. The Morgan fingerprint density at radius 2 is 1.60 bits per heavy atom. The third-order valence-electron chi connectivity index (χ3n) is 13.1. The SMILES string of the molecule is O=C(NC1(C(=O)O)C2CC3CC(C2)CC1C3)c1cnc(N2CC3(CCCCC3)c3cc(O[C@H]4CCN(c5ncc(F)cn5)C4)ccc32)nc1C(F)(F)F. The largest absolute Gasteiger partial charge is 0.489 e. The lowest BCUT2D eigenvalue weighted by atomic mass is 9.48. The van der Waals surface area contributed by atoms with Crippen molar-refractivity contribution in [2.45, 2.75) is 93.9 Å². The molecule has 11 nitrogen and oxygen atoms in total. The molecule has 15 heteroatoms. The number of carbonyl (C=O) groups is 2. The van der Waals surface area contributed by atoms with E-state index in [1.54, 1.807) is 11.0 Å². The number of ether oxygens (including phenoxy) is 1. The van der Waals surface area contributed by atoms with E-state index in [2.05, 4.69) is 25.3 Å². The van der Waals surface area contributed by atoms with Gasteiger partial charge in [-0.25, -0.2) is 29.1 Å². The number of nitrogens with zero attached hydrogens (tertiary/aromatic N) is 6. The number of nitrogens with one attached hydrogen (secondary N) is 1. The summed E-state index contributed by atoms with van der Waals surface area (Å²) < 4.78 is 64.2. The van der Waals surface area contributed by atoms with Gasteiger partial charge in [0.2, 0.25) is 11.9 Å². The van der Waals surface area contributed by atoms with E-state index in [0.29, 0.717) is 81.0 Å². The van der Waals surface area contributed by atoms with Gasteiger partial charge < -0.3 is 25.0 Å². The quantitative estimate of drug-likeness (QED) is 0.261. The van der Waals surface area contributed by atoms with E-state index in [1.807, 2.05) is 17.0 Å². The highest BCUT2D eigenvalue weighted by atomic mass is 19.4. The molecular formula is C38H41F4N7O4. The molecule has 2 N–H and O–H groups in total. The van der Waals surface area contributed by atoms with Crippen molar-refractivity contribution < 1.29 is 37.0 Å². The van der Waals surface area contributed by atoms with Crippen molar-refractivity contribution in [1.29, 1.82) is 0 Å². The van der Waals surface area contributed by atoms with Crippen molar-refractivity contribution in [3.63, 3.8) is 0 Å². The fourth-order valence-corrected chi connectivity index (χ4v) is 10.9. The summed E-state index contributed by atoms with van der Waals surface area (Å²) in [5, 5.41) is 13.1. The predicted molar refractivity (Wildman–Crippen MR) is 183 cm³/mol. The van der Waals surface area contributed by atoms with Gasteiger partial charge in [0.1, 0.15) is 17.4 Å². The summed E-state index contributed by atoms with van der Waals surface area (Å²) in [5.74, 6) is -1.76. The zero-order valence-corrected chi connectivity index (χ0v) is 29.1. The third-order valence-corrected chi connectivity index (χ3v) is 13.1. The van der Waals surface area contributed by atoms with Gasteiger partial charge in [-0.1, -0.05) is 19.3 Å². The van der Waals surface area contributed by atoms with E-state index in [4.69, 9.17) is 4.74 Å². The zero-order chi connectivity index (χ0) is 36.7. The number of benzene rings is 1. The molecular weight excluding hydrogens is 694 g/mol. The zero-order valence-electron chi connectivity index (χ0n) is 29.1. The first kappa shape index (κ1) is 34.2. The molecule has 1 amide bonds. The highest BCUT2D eigenvalue weighted by Gasteiger charge is 2.62. The number of hydrogen-bond acceptors (Lipinski definition) is 9. The monoisotopic (exact) mass is 735 g/mol. The van der Waals surface area contributed by atoms with E-state index in [1.165, 1.54) is 0 Å². The molecule has 280 valence electrons. The highest BCUT2D eigenvalue weighted by molar-refractivity contribution is 5.99. The van der Waals surface area contributed by atoms with Gasteiger partial charge in [0, 0.05) is 36.8 Å². The topological polar surface area (TPSA) is 134 Å². The number of amides is 1. The number of fused-ring (bicyclic) bond motifs is 2. The Morgan fingerprint density at radius 3 is 2.26 bits per heavy atom. The van der Waals surface area contributed by atoms with Crippen molar-refractivity contribution in [3.05, 3.63) is 59.4 Å². The Bertz CT molecular complexity index is 1910. The van der Waals surface area contributed by atoms with E-state index in [9.17, 15) is 32.3 Å². The summed E-state index contributed by atoms with van der Waals surface area (Å²) in [7, 11) is 0. The van der Waals surface area contributed by atoms with Crippen molar-refractivity contribution in [2.75, 3.05) is 29.4 Å². The van der Waals surface area contributed by atoms with Gasteiger partial charge in [-0.3, -0.25) is 4.79 Å². The number of carboxylic acids is 1. The predicted octanol–water partition coefficient (Wildman–Crippen LogP) is 6.45. The number of alkyl halides is 3. The van der Waals surface area contributed by atoms with Crippen molar-refractivity contribution >= 4 is 29.5 Å². The second-order valence-electron chi connectivity index (χ2n) is 16.1. The maximum atomic E-state index is 14.8. The summed E-state index contributed by atoms with van der Waals surface area (Å²) in [6.07, 6.45) is 7.03. The van der Waals surface area contributed by atoms with Gasteiger partial charge in [0.15, 0.2) is 11.5 Å². The Morgan fingerprint density at radius 1 is 0.925 bits per heavy atom. The van der Waals surface area contributed by atoms with E-state index >= 15 is 0 Å². The minimum absolute atomic E-state index is 0.167. The van der Waals surface area contributed by atoms with Crippen LogP contribution in [-0.4, -0.2) is 68.2 Å². The van der Waals surface area contributed by atoms with Crippen molar-refractivity contribution in [3.8, 4) is 5.75 Å². The molecule has 0 unspecified atom stereocenters. The van der Waals surface area contributed by atoms with Crippen molar-refractivity contribution in [2.24, 2.45) is 23.7 Å². The molecule has 2 aromatic heterocycles. The molecule has 6 fully saturated rings. The molecule has 1 aromatic carbocycles. The molecule has 1 saturated heterocycles. The average molecular weight is 736 g/mol. The molecule has 3 aromatic rings. The molecule has 1 spiro atoms. The molecule has 5 saturated carbocycles. The van der Waals surface area contributed by atoms with Crippen LogP contribution in [0.3, 0.4) is 0 Å². The van der Waals surface area contributed by atoms with Gasteiger partial charge in [0.25, 0.3) is 5.91 Å². The van der Waals surface area contributed by atoms with Crippen LogP contribution in [0.5, 0.6) is 5.75 Å². The summed E-state index contributed by atoms with van der Waals surface area (Å²) in [5.41, 5.74) is -2.46. The number of carbonyl (C=O) groups excluding carboxylic acids is 1. The van der Waals surface area contributed by atoms with Crippen LogP contribution in [0.15, 0.2) is 36.8 Å². The lowest BCUT2D eigenvalue weighted by Crippen LogP contribution is -2.70. The van der Waals surface area contributed by atoms with E-state index in [0.717, 1.165) is 62.7 Å². The van der Waals surface area contributed by atoms with E-state index < -0.39 is 40.7 Å². The number of aliphatic carboxylic acids is 1. The number of rotatable bonds is 7.